The summed E-state index contributed by atoms with van der Waals surface area (Å²) in [7, 11) is 0. The zero-order chi connectivity index (χ0) is 12.6. The summed E-state index contributed by atoms with van der Waals surface area (Å²) in [6.45, 7) is 6.75. The summed E-state index contributed by atoms with van der Waals surface area (Å²) in [5.74, 6) is 0.124. The highest BCUT2D eigenvalue weighted by Crippen LogP contribution is 2.29. The molecule has 92 valence electrons. The van der Waals surface area contributed by atoms with Gasteiger partial charge in [0.15, 0.2) is 0 Å². The van der Waals surface area contributed by atoms with Crippen LogP contribution in [0.4, 0.5) is 5.69 Å². The molecular formula is C14H20N2O. The van der Waals surface area contributed by atoms with Crippen molar-refractivity contribution in [1.82, 2.24) is 4.90 Å². The van der Waals surface area contributed by atoms with E-state index in [1.165, 1.54) is 0 Å². The molecule has 0 heterocycles. The summed E-state index contributed by atoms with van der Waals surface area (Å²) in [6.07, 6.45) is 2.28. The van der Waals surface area contributed by atoms with Crippen LogP contribution in [-0.4, -0.2) is 23.4 Å². The average Bonchev–Trinajstić information content (AvgIpc) is 3.08. The Morgan fingerprint density at radius 3 is 2.53 bits per heavy atom. The molecule has 0 aliphatic heterocycles. The smallest absolute Gasteiger partial charge is 0.254 e. The molecule has 0 atom stereocenters. The van der Waals surface area contributed by atoms with Gasteiger partial charge in [0.05, 0.1) is 0 Å². The van der Waals surface area contributed by atoms with Crippen molar-refractivity contribution in [3.63, 3.8) is 0 Å². The molecular weight excluding hydrogens is 212 g/mol. The summed E-state index contributed by atoms with van der Waals surface area (Å²) in [5, 5.41) is 0. The normalized spacial score (nSPS) is 14.8. The third-order valence-electron chi connectivity index (χ3n) is 3.43. The molecule has 2 N–H and O–H groups in total. The zero-order valence-electron chi connectivity index (χ0n) is 10.8. The van der Waals surface area contributed by atoms with Crippen molar-refractivity contribution in [1.29, 1.82) is 0 Å². The number of amides is 1. The van der Waals surface area contributed by atoms with E-state index in [2.05, 4.69) is 0 Å². The molecule has 1 saturated carbocycles. The van der Waals surface area contributed by atoms with Crippen LogP contribution in [0, 0.1) is 13.8 Å². The SMILES string of the molecule is CCN(C(=O)c1cc(N)c(C)cc1C)C1CC1. The van der Waals surface area contributed by atoms with Gasteiger partial charge in [0.25, 0.3) is 5.91 Å². The Hall–Kier alpha value is -1.51. The van der Waals surface area contributed by atoms with Gasteiger partial charge in [0, 0.05) is 23.8 Å². The molecule has 1 aliphatic rings. The Morgan fingerprint density at radius 2 is 2.00 bits per heavy atom. The van der Waals surface area contributed by atoms with Crippen molar-refractivity contribution >= 4 is 11.6 Å². The highest BCUT2D eigenvalue weighted by Gasteiger charge is 2.32. The number of carbonyl (C=O) groups excluding carboxylic acids is 1. The van der Waals surface area contributed by atoms with E-state index < -0.39 is 0 Å². The molecule has 1 aromatic carbocycles. The molecule has 1 amide bonds. The lowest BCUT2D eigenvalue weighted by molar-refractivity contribution is 0.0752. The number of nitrogens with two attached hydrogens (primary N) is 1. The Labute approximate surface area is 103 Å². The van der Waals surface area contributed by atoms with Gasteiger partial charge in [-0.1, -0.05) is 6.07 Å². The monoisotopic (exact) mass is 232 g/mol. The lowest BCUT2D eigenvalue weighted by atomic mass is 10.0. The van der Waals surface area contributed by atoms with E-state index in [-0.39, 0.29) is 5.91 Å². The van der Waals surface area contributed by atoms with Gasteiger partial charge in [-0.15, -0.1) is 0 Å². The first-order chi connectivity index (χ1) is 8.04. The molecule has 0 unspecified atom stereocenters. The van der Waals surface area contributed by atoms with Crippen LogP contribution >= 0.6 is 0 Å². The maximum atomic E-state index is 12.4. The van der Waals surface area contributed by atoms with Crippen LogP contribution in [-0.2, 0) is 0 Å². The molecule has 17 heavy (non-hydrogen) atoms. The maximum Gasteiger partial charge on any atom is 0.254 e. The Balaban J connectivity index is 2.32. The standard InChI is InChI=1S/C14H20N2O/c1-4-16(11-5-6-11)14(17)12-8-13(15)10(3)7-9(12)2/h7-8,11H,4-6,15H2,1-3H3. The van der Waals surface area contributed by atoms with Crippen molar-refractivity contribution < 1.29 is 4.79 Å². The van der Waals surface area contributed by atoms with Crippen LogP contribution in [0.5, 0.6) is 0 Å². The molecule has 0 saturated heterocycles. The predicted molar refractivity (Wildman–Crippen MR) is 70.1 cm³/mol. The summed E-state index contributed by atoms with van der Waals surface area (Å²) in [4.78, 5) is 14.4. The van der Waals surface area contributed by atoms with Gasteiger partial charge in [-0.2, -0.15) is 0 Å². The van der Waals surface area contributed by atoms with Crippen LogP contribution in [0.15, 0.2) is 12.1 Å². The van der Waals surface area contributed by atoms with Crippen molar-refractivity contribution in [2.24, 2.45) is 0 Å². The number of rotatable bonds is 3. The van der Waals surface area contributed by atoms with Gasteiger partial charge >= 0.3 is 0 Å². The minimum atomic E-state index is 0.124. The summed E-state index contributed by atoms with van der Waals surface area (Å²) in [5.41, 5.74) is 9.39. The van der Waals surface area contributed by atoms with E-state index in [1.807, 2.05) is 37.8 Å². The second kappa shape index (κ2) is 4.40. The van der Waals surface area contributed by atoms with Gasteiger partial charge < -0.3 is 10.6 Å². The first-order valence-corrected chi connectivity index (χ1v) is 6.22. The lowest BCUT2D eigenvalue weighted by Crippen LogP contribution is -2.33. The molecule has 1 aliphatic carbocycles. The van der Waals surface area contributed by atoms with E-state index in [4.69, 9.17) is 5.73 Å². The number of benzene rings is 1. The minimum Gasteiger partial charge on any atom is -0.398 e. The second-order valence-corrected chi connectivity index (χ2v) is 4.85. The van der Waals surface area contributed by atoms with Gasteiger partial charge in [-0.25, -0.2) is 0 Å². The van der Waals surface area contributed by atoms with E-state index in [0.717, 1.165) is 36.1 Å². The van der Waals surface area contributed by atoms with E-state index in [1.54, 1.807) is 0 Å². The van der Waals surface area contributed by atoms with Crippen LogP contribution in [0.2, 0.25) is 0 Å². The summed E-state index contributed by atoms with van der Waals surface area (Å²) < 4.78 is 0. The van der Waals surface area contributed by atoms with Crippen molar-refractivity contribution in [3.05, 3.63) is 28.8 Å². The number of nitrogens with zero attached hydrogens (tertiary/aromatic N) is 1. The largest absolute Gasteiger partial charge is 0.398 e. The zero-order valence-corrected chi connectivity index (χ0v) is 10.8. The molecule has 3 nitrogen and oxygen atoms in total. The van der Waals surface area contributed by atoms with Crippen molar-refractivity contribution in [2.75, 3.05) is 12.3 Å². The average molecular weight is 232 g/mol. The third-order valence-corrected chi connectivity index (χ3v) is 3.43. The number of nitrogen functional groups attached to an aromatic ring is 1. The number of aryl methyl sites for hydroxylation is 2. The Bertz CT molecular complexity index is 450. The molecule has 0 aromatic heterocycles. The molecule has 0 bridgehead atoms. The van der Waals surface area contributed by atoms with Crippen molar-refractivity contribution in [3.8, 4) is 0 Å². The minimum absolute atomic E-state index is 0.124. The number of hydrogen-bond acceptors (Lipinski definition) is 2. The fourth-order valence-corrected chi connectivity index (χ4v) is 2.21. The summed E-state index contributed by atoms with van der Waals surface area (Å²) >= 11 is 0. The van der Waals surface area contributed by atoms with Gasteiger partial charge in [0.1, 0.15) is 0 Å². The number of anilines is 1. The summed E-state index contributed by atoms with van der Waals surface area (Å²) in [6, 6.07) is 4.26. The first-order valence-electron chi connectivity index (χ1n) is 6.22. The van der Waals surface area contributed by atoms with E-state index >= 15 is 0 Å². The second-order valence-electron chi connectivity index (χ2n) is 4.85. The first kappa shape index (κ1) is 12.0. The molecule has 1 fully saturated rings. The van der Waals surface area contributed by atoms with E-state index in [0.29, 0.717) is 11.7 Å². The molecule has 1 aromatic rings. The molecule has 2 rings (SSSR count). The number of hydrogen-bond donors (Lipinski definition) is 1. The molecule has 3 heteroatoms. The number of carbonyl (C=O) groups is 1. The lowest BCUT2D eigenvalue weighted by Gasteiger charge is -2.22. The Kier molecular flexibility index (Phi) is 3.09. The highest BCUT2D eigenvalue weighted by molar-refractivity contribution is 5.97. The van der Waals surface area contributed by atoms with E-state index in [9.17, 15) is 4.79 Å². The highest BCUT2D eigenvalue weighted by atomic mass is 16.2. The van der Waals surface area contributed by atoms with Gasteiger partial charge in [-0.05, 0) is 50.8 Å². The van der Waals surface area contributed by atoms with Crippen LogP contribution < -0.4 is 5.73 Å². The topological polar surface area (TPSA) is 46.3 Å². The molecule has 0 spiro atoms. The maximum absolute atomic E-state index is 12.4. The Morgan fingerprint density at radius 1 is 1.35 bits per heavy atom. The van der Waals surface area contributed by atoms with Crippen molar-refractivity contribution in [2.45, 2.75) is 39.7 Å². The van der Waals surface area contributed by atoms with Gasteiger partial charge in [-0.3, -0.25) is 4.79 Å². The predicted octanol–water partition coefficient (Wildman–Crippen LogP) is 2.51. The quantitative estimate of drug-likeness (QED) is 0.814. The van der Waals surface area contributed by atoms with Crippen LogP contribution in [0.25, 0.3) is 0 Å². The fourth-order valence-electron chi connectivity index (χ4n) is 2.21. The van der Waals surface area contributed by atoms with Crippen LogP contribution in [0.1, 0.15) is 41.3 Å². The molecule has 0 radical (unpaired) electrons. The third kappa shape index (κ3) is 2.28. The fraction of sp³-hybridized carbons (Fsp3) is 0.500. The van der Waals surface area contributed by atoms with Crippen LogP contribution in [0.3, 0.4) is 0 Å². The van der Waals surface area contributed by atoms with Gasteiger partial charge in [0.2, 0.25) is 0 Å².